The maximum Gasteiger partial charge on any atom is 0.317 e. The van der Waals surface area contributed by atoms with E-state index in [0.717, 1.165) is 28.1 Å². The number of piperazine rings is 1. The van der Waals surface area contributed by atoms with Crippen LogP contribution in [0.15, 0.2) is 53.0 Å². The summed E-state index contributed by atoms with van der Waals surface area (Å²) < 4.78 is 1.05. The average molecular weight is 451 g/mol. The Labute approximate surface area is 174 Å². The average Bonchev–Trinajstić information content (AvgIpc) is 2.65. The van der Waals surface area contributed by atoms with E-state index in [1.807, 2.05) is 36.9 Å². The Morgan fingerprint density at radius 2 is 1.67 bits per heavy atom. The lowest BCUT2D eigenvalue weighted by Gasteiger charge is -2.40. The van der Waals surface area contributed by atoms with Crippen molar-refractivity contribution in [3.8, 4) is 0 Å². The molecule has 1 fully saturated rings. The summed E-state index contributed by atoms with van der Waals surface area (Å²) in [4.78, 5) is 16.6. The van der Waals surface area contributed by atoms with E-state index in [4.69, 9.17) is 11.6 Å². The molecule has 1 atom stereocenters. The summed E-state index contributed by atoms with van der Waals surface area (Å²) in [5, 5.41) is 3.75. The minimum Gasteiger partial charge on any atom is -0.336 e. The summed E-state index contributed by atoms with van der Waals surface area (Å²) >= 11 is 10.1. The van der Waals surface area contributed by atoms with Gasteiger partial charge in [0.05, 0.1) is 6.04 Å². The van der Waals surface area contributed by atoms with Crippen LogP contribution < -0.4 is 5.32 Å². The largest absolute Gasteiger partial charge is 0.336 e. The number of carbonyl (C=O) groups excluding carboxylic acids is 1. The van der Waals surface area contributed by atoms with Crippen LogP contribution in [-0.2, 0) is 0 Å². The van der Waals surface area contributed by atoms with Crippen LogP contribution in [0.1, 0.15) is 31.0 Å². The van der Waals surface area contributed by atoms with E-state index in [9.17, 15) is 4.79 Å². The normalized spacial score (nSPS) is 16.4. The summed E-state index contributed by atoms with van der Waals surface area (Å²) in [5.74, 6) is 0. The van der Waals surface area contributed by atoms with Gasteiger partial charge < -0.3 is 10.2 Å². The number of hydrogen-bond acceptors (Lipinski definition) is 2. The number of rotatable bonds is 4. The summed E-state index contributed by atoms with van der Waals surface area (Å²) in [6.07, 6.45) is 0. The maximum atomic E-state index is 12.3. The second-order valence-electron chi connectivity index (χ2n) is 7.10. The number of urea groups is 1. The first-order valence-electron chi connectivity index (χ1n) is 9.25. The first kappa shape index (κ1) is 20.2. The van der Waals surface area contributed by atoms with Gasteiger partial charge in [-0.05, 0) is 43.2 Å². The first-order valence-corrected chi connectivity index (χ1v) is 10.4. The molecule has 0 saturated carbocycles. The number of halogens is 2. The number of benzene rings is 2. The highest BCUT2D eigenvalue weighted by Gasteiger charge is 2.29. The van der Waals surface area contributed by atoms with Crippen LogP contribution in [-0.4, -0.2) is 48.1 Å². The van der Waals surface area contributed by atoms with Crippen molar-refractivity contribution in [2.45, 2.75) is 25.9 Å². The zero-order valence-electron chi connectivity index (χ0n) is 15.7. The van der Waals surface area contributed by atoms with Crippen LogP contribution in [0.3, 0.4) is 0 Å². The van der Waals surface area contributed by atoms with E-state index in [0.29, 0.717) is 13.1 Å². The van der Waals surface area contributed by atoms with E-state index in [1.54, 1.807) is 0 Å². The second-order valence-corrected chi connectivity index (χ2v) is 8.43. The fourth-order valence-corrected chi connectivity index (χ4v) is 3.95. The van der Waals surface area contributed by atoms with Crippen LogP contribution in [0.25, 0.3) is 0 Å². The zero-order valence-corrected chi connectivity index (χ0v) is 18.0. The standard InChI is InChI=1S/C21H25BrClN3O/c1-15(2)24-21(27)26-13-11-25(12-14-26)20(16-7-9-17(22)10-8-16)18-5-3-4-6-19(18)23/h3-10,15,20H,11-14H2,1-2H3,(H,24,27). The number of nitrogens with zero attached hydrogens (tertiary/aromatic N) is 2. The fraction of sp³-hybridized carbons (Fsp3) is 0.381. The lowest BCUT2D eigenvalue weighted by Crippen LogP contribution is -2.53. The topological polar surface area (TPSA) is 35.6 Å². The molecule has 1 aliphatic heterocycles. The molecule has 0 radical (unpaired) electrons. The van der Waals surface area contributed by atoms with Crippen LogP contribution >= 0.6 is 27.5 Å². The molecule has 1 unspecified atom stereocenters. The molecular formula is C21H25BrClN3O. The molecule has 2 aromatic rings. The van der Waals surface area contributed by atoms with Gasteiger partial charge in [-0.1, -0.05) is 57.9 Å². The SMILES string of the molecule is CC(C)NC(=O)N1CCN(C(c2ccc(Br)cc2)c2ccccc2Cl)CC1. The Morgan fingerprint density at radius 1 is 1.04 bits per heavy atom. The van der Waals surface area contributed by atoms with Gasteiger partial charge in [-0.25, -0.2) is 4.79 Å². The third-order valence-electron chi connectivity index (χ3n) is 4.76. The molecule has 0 aliphatic carbocycles. The molecule has 144 valence electrons. The molecule has 6 heteroatoms. The highest BCUT2D eigenvalue weighted by Crippen LogP contribution is 2.34. The molecule has 2 amide bonds. The molecule has 4 nitrogen and oxygen atoms in total. The van der Waals surface area contributed by atoms with Crippen molar-refractivity contribution in [1.82, 2.24) is 15.1 Å². The Hall–Kier alpha value is -1.56. The Bertz CT molecular complexity index is 773. The van der Waals surface area contributed by atoms with Crippen molar-refractivity contribution in [3.05, 3.63) is 69.2 Å². The Morgan fingerprint density at radius 3 is 2.26 bits per heavy atom. The van der Waals surface area contributed by atoms with E-state index in [1.165, 1.54) is 5.56 Å². The molecule has 27 heavy (non-hydrogen) atoms. The summed E-state index contributed by atoms with van der Waals surface area (Å²) in [6.45, 7) is 6.98. The van der Waals surface area contributed by atoms with Crippen molar-refractivity contribution in [2.24, 2.45) is 0 Å². The van der Waals surface area contributed by atoms with Gasteiger partial charge in [0.15, 0.2) is 0 Å². The molecule has 0 spiro atoms. The van der Waals surface area contributed by atoms with Gasteiger partial charge in [0.2, 0.25) is 0 Å². The van der Waals surface area contributed by atoms with Crippen LogP contribution in [0.2, 0.25) is 5.02 Å². The monoisotopic (exact) mass is 449 g/mol. The first-order chi connectivity index (χ1) is 13.0. The molecular weight excluding hydrogens is 426 g/mol. The van der Waals surface area contributed by atoms with E-state index < -0.39 is 0 Å². The molecule has 1 aliphatic rings. The van der Waals surface area contributed by atoms with Crippen molar-refractivity contribution >= 4 is 33.6 Å². The van der Waals surface area contributed by atoms with Crippen molar-refractivity contribution < 1.29 is 4.79 Å². The zero-order chi connectivity index (χ0) is 19.4. The summed E-state index contributed by atoms with van der Waals surface area (Å²) in [6, 6.07) is 16.6. The maximum absolute atomic E-state index is 12.3. The highest BCUT2D eigenvalue weighted by molar-refractivity contribution is 9.10. The lowest BCUT2D eigenvalue weighted by molar-refractivity contribution is 0.119. The predicted octanol–water partition coefficient (Wildman–Crippen LogP) is 4.93. The van der Waals surface area contributed by atoms with Gasteiger partial charge in [-0.3, -0.25) is 4.90 Å². The van der Waals surface area contributed by atoms with Gasteiger partial charge in [0.25, 0.3) is 0 Å². The third kappa shape index (κ3) is 5.03. The smallest absolute Gasteiger partial charge is 0.317 e. The van der Waals surface area contributed by atoms with Gasteiger partial charge in [-0.2, -0.15) is 0 Å². The molecule has 2 aromatic carbocycles. The Balaban J connectivity index is 1.82. The summed E-state index contributed by atoms with van der Waals surface area (Å²) in [5.41, 5.74) is 2.30. The van der Waals surface area contributed by atoms with Crippen molar-refractivity contribution in [3.63, 3.8) is 0 Å². The van der Waals surface area contributed by atoms with E-state index in [-0.39, 0.29) is 18.1 Å². The molecule has 0 bridgehead atoms. The lowest BCUT2D eigenvalue weighted by atomic mass is 9.96. The van der Waals surface area contributed by atoms with Gasteiger partial charge in [0.1, 0.15) is 0 Å². The molecule has 1 heterocycles. The second kappa shape index (κ2) is 9.09. The molecule has 1 saturated heterocycles. The summed E-state index contributed by atoms with van der Waals surface area (Å²) in [7, 11) is 0. The minimum atomic E-state index is 0.0163. The van der Waals surface area contributed by atoms with Gasteiger partial charge in [-0.15, -0.1) is 0 Å². The Kier molecular flexibility index (Phi) is 6.79. The quantitative estimate of drug-likeness (QED) is 0.717. The number of amides is 2. The van der Waals surface area contributed by atoms with Gasteiger partial charge >= 0.3 is 6.03 Å². The third-order valence-corrected chi connectivity index (χ3v) is 5.64. The molecule has 3 rings (SSSR count). The molecule has 1 N–H and O–H groups in total. The van der Waals surface area contributed by atoms with Crippen molar-refractivity contribution in [1.29, 1.82) is 0 Å². The van der Waals surface area contributed by atoms with Crippen LogP contribution in [0.5, 0.6) is 0 Å². The minimum absolute atomic E-state index is 0.0163. The van der Waals surface area contributed by atoms with Gasteiger partial charge in [0, 0.05) is 41.7 Å². The van der Waals surface area contributed by atoms with Crippen LogP contribution in [0.4, 0.5) is 4.79 Å². The number of nitrogens with one attached hydrogen (secondary N) is 1. The number of carbonyl (C=O) groups is 1. The number of hydrogen-bond donors (Lipinski definition) is 1. The highest BCUT2D eigenvalue weighted by atomic mass is 79.9. The fourth-order valence-electron chi connectivity index (χ4n) is 3.45. The van der Waals surface area contributed by atoms with E-state index in [2.05, 4.69) is 56.5 Å². The predicted molar refractivity (Wildman–Crippen MR) is 114 cm³/mol. The molecule has 0 aromatic heterocycles. The van der Waals surface area contributed by atoms with Crippen molar-refractivity contribution in [2.75, 3.05) is 26.2 Å². The van der Waals surface area contributed by atoms with E-state index >= 15 is 0 Å². The van der Waals surface area contributed by atoms with Crippen LogP contribution in [0, 0.1) is 0 Å².